The molecule has 16 nitrogen and oxygen atoms in total. The summed E-state index contributed by atoms with van der Waals surface area (Å²) >= 11 is 0. The fourth-order valence-electron chi connectivity index (χ4n) is 4.43. The third-order valence-electron chi connectivity index (χ3n) is 6.56. The number of nitrogens with zero attached hydrogens (tertiary/aromatic N) is 4. The molecular weight excluding hydrogens is 713 g/mol. The Morgan fingerprint density at radius 1 is 0.583 bits per heavy atom. The molecule has 0 unspecified atom stereocenters. The minimum absolute atomic E-state index is 0.0521. The molecule has 0 N–H and O–H groups in total. The van der Waals surface area contributed by atoms with Crippen molar-refractivity contribution in [2.75, 3.05) is 4.31 Å². The molecule has 1 aromatic rings. The summed E-state index contributed by atoms with van der Waals surface area (Å²) in [7, 11) is -21.5. The third kappa shape index (κ3) is 7.45. The van der Waals surface area contributed by atoms with Crippen molar-refractivity contribution in [3.63, 3.8) is 0 Å². The van der Waals surface area contributed by atoms with Crippen molar-refractivity contribution in [2.24, 2.45) is 0 Å². The van der Waals surface area contributed by atoms with E-state index in [1.165, 1.54) is 13.8 Å². The molecule has 0 saturated heterocycles. The van der Waals surface area contributed by atoms with E-state index in [9.17, 15) is 52.8 Å². The maximum absolute atomic E-state index is 14.0. The standard InChI is InChI=1S/C28H38N4O12S4/c1-10-24(33)29(45(37,38)14-5)23-20-21(9)18-19-22(23)28(30(25(34)11-2)46(39,40)15-6,31(26(35)12-3)47(41,42)16-7)32(27(36)13-4)48(43,44)17-8/h14-20H,5-8,10-13H2,1-4,9H3. The highest BCUT2D eigenvalue weighted by atomic mass is 32.2. The van der Waals surface area contributed by atoms with Crippen molar-refractivity contribution in [1.29, 1.82) is 0 Å². The molecule has 0 aromatic heterocycles. The zero-order chi connectivity index (χ0) is 37.6. The summed E-state index contributed by atoms with van der Waals surface area (Å²) < 4.78 is 110. The molecule has 0 bridgehead atoms. The highest BCUT2D eigenvalue weighted by Gasteiger charge is 2.65. The van der Waals surface area contributed by atoms with Crippen molar-refractivity contribution in [2.45, 2.75) is 66.1 Å². The summed E-state index contributed by atoms with van der Waals surface area (Å²) in [6.45, 7) is 18.5. The number of amides is 4. The van der Waals surface area contributed by atoms with Crippen molar-refractivity contribution in [1.82, 2.24) is 12.9 Å². The zero-order valence-electron chi connectivity index (χ0n) is 27.0. The normalized spacial score (nSPS) is 12.3. The van der Waals surface area contributed by atoms with E-state index in [-0.39, 0.29) is 39.0 Å². The van der Waals surface area contributed by atoms with E-state index in [2.05, 4.69) is 26.3 Å². The predicted octanol–water partition coefficient (Wildman–Crippen LogP) is 2.46. The lowest BCUT2D eigenvalue weighted by atomic mass is 10.0. The van der Waals surface area contributed by atoms with Crippen LogP contribution in [-0.4, -0.2) is 70.2 Å². The molecule has 0 aliphatic heterocycles. The second-order valence-electron chi connectivity index (χ2n) is 9.55. The Kier molecular flexibility index (Phi) is 13.4. The van der Waals surface area contributed by atoms with Gasteiger partial charge in [-0.2, -0.15) is 12.9 Å². The predicted molar refractivity (Wildman–Crippen MR) is 179 cm³/mol. The van der Waals surface area contributed by atoms with Crippen LogP contribution >= 0.6 is 0 Å². The molecule has 0 atom stereocenters. The van der Waals surface area contributed by atoms with E-state index in [0.29, 0.717) is 5.41 Å². The van der Waals surface area contributed by atoms with Gasteiger partial charge in [-0.15, -0.1) is 0 Å². The minimum atomic E-state index is -5.52. The Morgan fingerprint density at radius 3 is 1.17 bits per heavy atom. The number of anilines is 1. The lowest BCUT2D eigenvalue weighted by molar-refractivity contribution is -0.159. The molecule has 0 aliphatic carbocycles. The van der Waals surface area contributed by atoms with Gasteiger partial charge in [0.1, 0.15) is 0 Å². The second-order valence-corrected chi connectivity index (χ2v) is 16.5. The van der Waals surface area contributed by atoms with Gasteiger partial charge in [0.15, 0.2) is 0 Å². The smallest absolute Gasteiger partial charge is 0.269 e. The quantitative estimate of drug-likeness (QED) is 0.210. The number of carbonyl (C=O) groups is 4. The molecule has 4 amide bonds. The van der Waals surface area contributed by atoms with Gasteiger partial charge in [0, 0.05) is 52.9 Å². The second kappa shape index (κ2) is 15.4. The molecule has 0 saturated carbocycles. The summed E-state index contributed by atoms with van der Waals surface area (Å²) in [5.74, 6) is -10.1. The summed E-state index contributed by atoms with van der Waals surface area (Å²) in [6, 6.07) is 2.79. The monoisotopic (exact) mass is 750 g/mol. The van der Waals surface area contributed by atoms with Gasteiger partial charge in [0.2, 0.25) is 23.6 Å². The molecule has 0 spiro atoms. The Bertz CT molecular complexity index is 1830. The molecule has 48 heavy (non-hydrogen) atoms. The number of aryl methyl sites for hydroxylation is 1. The van der Waals surface area contributed by atoms with Crippen molar-refractivity contribution in [3.05, 3.63) is 77.3 Å². The Morgan fingerprint density at radius 2 is 0.896 bits per heavy atom. The fraction of sp³-hybridized carbons (Fsp3) is 0.357. The van der Waals surface area contributed by atoms with E-state index in [1.807, 2.05) is 0 Å². The molecule has 1 rings (SSSR count). The largest absolute Gasteiger partial charge is 0.274 e. The first kappa shape index (κ1) is 41.9. The average Bonchev–Trinajstić information content (AvgIpc) is 3.03. The van der Waals surface area contributed by atoms with Gasteiger partial charge < -0.3 is 0 Å². The lowest BCUT2D eigenvalue weighted by Gasteiger charge is -2.52. The van der Waals surface area contributed by atoms with Gasteiger partial charge in [-0.05, 0) is 18.6 Å². The topological polar surface area (TPSA) is 218 Å². The lowest BCUT2D eigenvalue weighted by Crippen LogP contribution is -2.73. The number of rotatable bonds is 17. The third-order valence-corrected chi connectivity index (χ3v) is 12.1. The summed E-state index contributed by atoms with van der Waals surface area (Å²) in [6.07, 6.45) is -3.10. The van der Waals surface area contributed by atoms with Gasteiger partial charge >= 0.3 is 0 Å². The van der Waals surface area contributed by atoms with Crippen LogP contribution in [0.1, 0.15) is 64.5 Å². The van der Waals surface area contributed by atoms with Crippen LogP contribution in [-0.2, 0) is 65.1 Å². The molecule has 266 valence electrons. The van der Waals surface area contributed by atoms with Crippen molar-refractivity contribution < 1.29 is 52.8 Å². The first-order valence-corrected chi connectivity index (χ1v) is 20.0. The van der Waals surface area contributed by atoms with Gasteiger partial charge in [-0.25, -0.2) is 38.0 Å². The number of sulfonamides is 4. The first-order valence-electron chi connectivity index (χ1n) is 14.0. The number of carbonyl (C=O) groups excluding carboxylic acids is 4. The van der Waals surface area contributed by atoms with Crippen LogP contribution in [0.25, 0.3) is 0 Å². The molecule has 0 radical (unpaired) electrons. The SMILES string of the molecule is C=CS(=O)(=O)N(C(=O)CC)c1cc(C)ccc1C(N(C(=O)CC)S(=O)(=O)C=C)(N(C(=O)CC)S(=O)(=O)C=C)N(C(=O)CC)S(=O)(=O)C=C. The Labute approximate surface area is 281 Å². The fourth-order valence-corrected chi connectivity index (χ4v) is 9.11. The van der Waals surface area contributed by atoms with Crippen LogP contribution < -0.4 is 4.31 Å². The minimum Gasteiger partial charge on any atom is -0.274 e. The van der Waals surface area contributed by atoms with E-state index in [0.717, 1.165) is 39.0 Å². The maximum atomic E-state index is 14.0. The van der Waals surface area contributed by atoms with Crippen LogP contribution in [0, 0.1) is 6.92 Å². The number of benzene rings is 1. The van der Waals surface area contributed by atoms with E-state index >= 15 is 0 Å². The zero-order valence-corrected chi connectivity index (χ0v) is 30.3. The van der Waals surface area contributed by atoms with Gasteiger partial charge in [-0.1, -0.05) is 66.1 Å². The van der Waals surface area contributed by atoms with Crippen molar-refractivity contribution in [3.8, 4) is 0 Å². The summed E-state index contributed by atoms with van der Waals surface area (Å²) in [4.78, 5) is 55.3. The van der Waals surface area contributed by atoms with Crippen LogP contribution in [0.15, 0.2) is 66.1 Å². The Balaban J connectivity index is 5.54. The van der Waals surface area contributed by atoms with Crippen LogP contribution in [0.5, 0.6) is 0 Å². The molecule has 1 aromatic carbocycles. The van der Waals surface area contributed by atoms with E-state index < -0.39 is 106 Å². The average molecular weight is 751 g/mol. The molecule has 0 aliphatic rings. The van der Waals surface area contributed by atoms with Crippen LogP contribution in [0.4, 0.5) is 5.69 Å². The van der Waals surface area contributed by atoms with Gasteiger partial charge in [0.05, 0.1) is 5.69 Å². The van der Waals surface area contributed by atoms with Crippen molar-refractivity contribution >= 4 is 69.4 Å². The Hall–Kier alpha value is -4.14. The first-order chi connectivity index (χ1) is 22.0. The van der Waals surface area contributed by atoms with E-state index in [1.54, 1.807) is 0 Å². The molecular formula is C28H38N4O12S4. The summed E-state index contributed by atoms with van der Waals surface area (Å²) in [5.41, 5.74) is -1.96. The summed E-state index contributed by atoms with van der Waals surface area (Å²) in [5, 5.41) is 0.656. The highest BCUT2D eigenvalue weighted by Crippen LogP contribution is 2.48. The maximum Gasteiger partial charge on any atom is 0.269 e. The van der Waals surface area contributed by atoms with Gasteiger partial charge in [-0.3, -0.25) is 19.2 Å². The van der Waals surface area contributed by atoms with Crippen LogP contribution in [0.2, 0.25) is 0 Å². The molecule has 0 fully saturated rings. The highest BCUT2D eigenvalue weighted by molar-refractivity contribution is 7.96. The van der Waals surface area contributed by atoms with E-state index in [4.69, 9.17) is 0 Å². The molecule has 0 heterocycles. The molecule has 20 heteroatoms. The number of hydrogen-bond acceptors (Lipinski definition) is 12. The van der Waals surface area contributed by atoms with Gasteiger partial charge in [0.25, 0.3) is 45.9 Å². The van der Waals surface area contributed by atoms with Crippen LogP contribution in [0.3, 0.4) is 0 Å². The number of hydrogen-bond donors (Lipinski definition) is 0.